The first-order valence-electron chi connectivity index (χ1n) is 6.31. The molecule has 0 radical (unpaired) electrons. The molecule has 2 heteroatoms. The summed E-state index contributed by atoms with van der Waals surface area (Å²) >= 11 is 0. The SMILES string of the molecule is NC1(C2CC2)CN(CCc2ccccc2)C1. The fourth-order valence-electron chi connectivity index (χ4n) is 2.79. The molecule has 2 N–H and O–H groups in total. The second kappa shape index (κ2) is 3.86. The van der Waals surface area contributed by atoms with Crippen molar-refractivity contribution in [1.82, 2.24) is 4.90 Å². The lowest BCUT2D eigenvalue weighted by molar-refractivity contribution is 0.0561. The van der Waals surface area contributed by atoms with Gasteiger partial charge in [-0.05, 0) is 30.7 Å². The molecule has 2 fully saturated rings. The monoisotopic (exact) mass is 216 g/mol. The molecular weight excluding hydrogens is 196 g/mol. The third kappa shape index (κ3) is 2.00. The molecule has 2 aliphatic rings. The second-order valence-corrected chi connectivity index (χ2v) is 5.45. The molecule has 3 rings (SSSR count). The molecule has 0 amide bonds. The van der Waals surface area contributed by atoms with Gasteiger partial charge in [0.2, 0.25) is 0 Å². The van der Waals surface area contributed by atoms with Crippen molar-refractivity contribution in [2.24, 2.45) is 11.7 Å². The van der Waals surface area contributed by atoms with Crippen LogP contribution < -0.4 is 5.73 Å². The zero-order valence-corrected chi connectivity index (χ0v) is 9.73. The summed E-state index contributed by atoms with van der Waals surface area (Å²) in [5.74, 6) is 0.834. The average molecular weight is 216 g/mol. The van der Waals surface area contributed by atoms with Crippen molar-refractivity contribution >= 4 is 0 Å². The lowest BCUT2D eigenvalue weighted by Gasteiger charge is -2.48. The van der Waals surface area contributed by atoms with Gasteiger partial charge in [-0.15, -0.1) is 0 Å². The molecule has 2 nitrogen and oxygen atoms in total. The predicted molar refractivity (Wildman–Crippen MR) is 66.2 cm³/mol. The number of likely N-dealkylation sites (tertiary alicyclic amines) is 1. The Labute approximate surface area is 97.4 Å². The minimum absolute atomic E-state index is 0.177. The highest BCUT2D eigenvalue weighted by atomic mass is 15.3. The van der Waals surface area contributed by atoms with Crippen molar-refractivity contribution in [1.29, 1.82) is 0 Å². The van der Waals surface area contributed by atoms with Gasteiger partial charge in [0.25, 0.3) is 0 Å². The largest absolute Gasteiger partial charge is 0.323 e. The molecule has 1 aliphatic heterocycles. The van der Waals surface area contributed by atoms with Gasteiger partial charge in [-0.2, -0.15) is 0 Å². The molecule has 0 spiro atoms. The number of nitrogens with zero attached hydrogens (tertiary/aromatic N) is 1. The fraction of sp³-hybridized carbons (Fsp3) is 0.571. The topological polar surface area (TPSA) is 29.3 Å². The van der Waals surface area contributed by atoms with E-state index in [4.69, 9.17) is 5.73 Å². The maximum absolute atomic E-state index is 6.33. The highest BCUT2D eigenvalue weighted by Gasteiger charge is 2.49. The highest BCUT2D eigenvalue weighted by molar-refractivity contribution is 5.16. The maximum atomic E-state index is 6.33. The first kappa shape index (κ1) is 10.3. The van der Waals surface area contributed by atoms with E-state index in [0.717, 1.165) is 32.0 Å². The predicted octanol–water partition coefficient (Wildman–Crippen LogP) is 1.65. The summed E-state index contributed by atoms with van der Waals surface area (Å²) in [6, 6.07) is 10.7. The van der Waals surface area contributed by atoms with Crippen LogP contribution in [-0.2, 0) is 6.42 Å². The normalized spacial score (nSPS) is 24.1. The summed E-state index contributed by atoms with van der Waals surface area (Å²) in [6.07, 6.45) is 3.88. The van der Waals surface area contributed by atoms with Crippen LogP contribution in [0.2, 0.25) is 0 Å². The molecule has 16 heavy (non-hydrogen) atoms. The Morgan fingerprint density at radius 3 is 2.50 bits per heavy atom. The lowest BCUT2D eigenvalue weighted by Crippen LogP contribution is -2.68. The zero-order chi connectivity index (χ0) is 11.0. The van der Waals surface area contributed by atoms with E-state index in [2.05, 4.69) is 35.2 Å². The van der Waals surface area contributed by atoms with Crippen LogP contribution in [0.25, 0.3) is 0 Å². The van der Waals surface area contributed by atoms with Gasteiger partial charge in [-0.25, -0.2) is 0 Å². The molecule has 1 saturated carbocycles. The molecule has 1 aromatic carbocycles. The Kier molecular flexibility index (Phi) is 2.49. The quantitative estimate of drug-likeness (QED) is 0.829. The molecule has 0 bridgehead atoms. The number of nitrogens with two attached hydrogens (primary N) is 1. The summed E-state index contributed by atoms with van der Waals surface area (Å²) in [4.78, 5) is 2.49. The Hall–Kier alpha value is -0.860. The van der Waals surface area contributed by atoms with Gasteiger partial charge in [0.05, 0.1) is 0 Å². The van der Waals surface area contributed by atoms with Gasteiger partial charge >= 0.3 is 0 Å². The van der Waals surface area contributed by atoms with Gasteiger partial charge < -0.3 is 5.73 Å². The number of benzene rings is 1. The molecule has 1 saturated heterocycles. The average Bonchev–Trinajstić information content (AvgIpc) is 3.08. The molecule has 1 heterocycles. The summed E-state index contributed by atoms with van der Waals surface area (Å²) < 4.78 is 0. The van der Waals surface area contributed by atoms with Crippen molar-refractivity contribution in [3.63, 3.8) is 0 Å². The molecule has 1 aliphatic carbocycles. The molecular formula is C14H20N2. The van der Waals surface area contributed by atoms with E-state index in [-0.39, 0.29) is 5.54 Å². The minimum atomic E-state index is 0.177. The Bertz CT molecular complexity index is 350. The Morgan fingerprint density at radius 2 is 1.88 bits per heavy atom. The van der Waals surface area contributed by atoms with Crippen molar-refractivity contribution in [2.45, 2.75) is 24.8 Å². The van der Waals surface area contributed by atoms with Crippen LogP contribution >= 0.6 is 0 Å². The van der Waals surface area contributed by atoms with Crippen LogP contribution in [0.5, 0.6) is 0 Å². The van der Waals surface area contributed by atoms with E-state index in [1.807, 2.05) is 0 Å². The van der Waals surface area contributed by atoms with Crippen LogP contribution in [0.4, 0.5) is 0 Å². The minimum Gasteiger partial charge on any atom is -0.323 e. The molecule has 0 atom stereocenters. The van der Waals surface area contributed by atoms with Gasteiger partial charge in [0.15, 0.2) is 0 Å². The van der Waals surface area contributed by atoms with Crippen LogP contribution in [0.3, 0.4) is 0 Å². The van der Waals surface area contributed by atoms with Gasteiger partial charge in [0, 0.05) is 25.2 Å². The Balaban J connectivity index is 1.45. The van der Waals surface area contributed by atoms with Gasteiger partial charge in [-0.1, -0.05) is 30.3 Å². The van der Waals surface area contributed by atoms with E-state index in [0.29, 0.717) is 0 Å². The van der Waals surface area contributed by atoms with E-state index in [1.54, 1.807) is 0 Å². The smallest absolute Gasteiger partial charge is 0.0440 e. The van der Waals surface area contributed by atoms with E-state index < -0.39 is 0 Å². The van der Waals surface area contributed by atoms with Gasteiger partial charge in [-0.3, -0.25) is 4.90 Å². The first-order valence-corrected chi connectivity index (χ1v) is 6.31. The van der Waals surface area contributed by atoms with Gasteiger partial charge in [0.1, 0.15) is 0 Å². The van der Waals surface area contributed by atoms with Crippen LogP contribution in [0.15, 0.2) is 30.3 Å². The molecule has 1 aromatic rings. The fourth-order valence-corrected chi connectivity index (χ4v) is 2.79. The first-order chi connectivity index (χ1) is 7.76. The molecule has 0 unspecified atom stereocenters. The zero-order valence-electron chi connectivity index (χ0n) is 9.73. The number of rotatable bonds is 4. The standard InChI is InChI=1S/C14H20N2/c15-14(13-6-7-13)10-16(11-14)9-8-12-4-2-1-3-5-12/h1-5,13H,6-11,15H2. The summed E-state index contributed by atoms with van der Waals surface area (Å²) in [5, 5.41) is 0. The van der Waals surface area contributed by atoms with Crippen molar-refractivity contribution < 1.29 is 0 Å². The van der Waals surface area contributed by atoms with Crippen LogP contribution in [-0.4, -0.2) is 30.1 Å². The van der Waals surface area contributed by atoms with Crippen molar-refractivity contribution in [3.8, 4) is 0 Å². The van der Waals surface area contributed by atoms with Crippen molar-refractivity contribution in [3.05, 3.63) is 35.9 Å². The number of hydrogen-bond acceptors (Lipinski definition) is 2. The molecule has 0 aromatic heterocycles. The highest BCUT2D eigenvalue weighted by Crippen LogP contribution is 2.42. The summed E-state index contributed by atoms with van der Waals surface area (Å²) in [5.41, 5.74) is 7.94. The maximum Gasteiger partial charge on any atom is 0.0440 e. The lowest BCUT2D eigenvalue weighted by atomic mass is 9.85. The summed E-state index contributed by atoms with van der Waals surface area (Å²) in [6.45, 7) is 3.39. The third-order valence-electron chi connectivity index (χ3n) is 3.99. The number of hydrogen-bond donors (Lipinski definition) is 1. The van der Waals surface area contributed by atoms with E-state index in [9.17, 15) is 0 Å². The second-order valence-electron chi connectivity index (χ2n) is 5.45. The third-order valence-corrected chi connectivity index (χ3v) is 3.99. The molecule has 86 valence electrons. The van der Waals surface area contributed by atoms with E-state index in [1.165, 1.54) is 18.4 Å². The summed E-state index contributed by atoms with van der Waals surface area (Å²) in [7, 11) is 0. The van der Waals surface area contributed by atoms with E-state index >= 15 is 0 Å². The van der Waals surface area contributed by atoms with Crippen molar-refractivity contribution in [2.75, 3.05) is 19.6 Å². The van der Waals surface area contributed by atoms with Crippen LogP contribution in [0.1, 0.15) is 18.4 Å². The van der Waals surface area contributed by atoms with Crippen LogP contribution in [0, 0.1) is 5.92 Å². The Morgan fingerprint density at radius 1 is 1.19 bits per heavy atom.